The summed E-state index contributed by atoms with van der Waals surface area (Å²) < 4.78 is 6.87. The molecule has 2 N–H and O–H groups in total. The van der Waals surface area contributed by atoms with E-state index in [0.717, 1.165) is 38.1 Å². The van der Waals surface area contributed by atoms with Gasteiger partial charge in [0, 0.05) is 20.3 Å². The Hall–Kier alpha value is -1.01. The Kier molecular flexibility index (Phi) is 5.34. The number of hydrogen-bond donors (Lipinski definition) is 1. The first-order valence-corrected chi connectivity index (χ1v) is 5.82. The van der Waals surface area contributed by atoms with Gasteiger partial charge in [-0.3, -0.25) is 0 Å². The summed E-state index contributed by atoms with van der Waals surface area (Å²) in [6, 6.07) is 0. The summed E-state index contributed by atoms with van der Waals surface area (Å²) in [7, 11) is 1.71. The molecule has 0 bridgehead atoms. The van der Waals surface area contributed by atoms with Gasteiger partial charge in [0.1, 0.15) is 10.7 Å². The molecule has 6 heteroatoms. The minimum atomic E-state index is 0.319. The van der Waals surface area contributed by atoms with Gasteiger partial charge in [-0.1, -0.05) is 24.4 Å². The summed E-state index contributed by atoms with van der Waals surface area (Å²) >= 11 is 4.93. The molecule has 0 unspecified atom stereocenters. The third kappa shape index (κ3) is 3.24. The van der Waals surface area contributed by atoms with Gasteiger partial charge in [-0.2, -0.15) is 0 Å². The minimum Gasteiger partial charge on any atom is -0.388 e. The Labute approximate surface area is 101 Å². The highest BCUT2D eigenvalue weighted by atomic mass is 32.1. The van der Waals surface area contributed by atoms with Crippen LogP contribution in [0, 0.1) is 0 Å². The zero-order valence-electron chi connectivity index (χ0n) is 9.77. The van der Waals surface area contributed by atoms with Gasteiger partial charge in [0.15, 0.2) is 0 Å². The zero-order chi connectivity index (χ0) is 12.0. The molecule has 1 rings (SSSR count). The van der Waals surface area contributed by atoms with Gasteiger partial charge < -0.3 is 10.5 Å². The molecule has 1 aromatic rings. The summed E-state index contributed by atoms with van der Waals surface area (Å²) in [5.41, 5.74) is 7.25. The van der Waals surface area contributed by atoms with Crippen molar-refractivity contribution in [1.82, 2.24) is 15.0 Å². The fourth-order valence-electron chi connectivity index (χ4n) is 1.56. The van der Waals surface area contributed by atoms with E-state index >= 15 is 0 Å². The van der Waals surface area contributed by atoms with Gasteiger partial charge in [0.05, 0.1) is 5.69 Å². The van der Waals surface area contributed by atoms with Crippen molar-refractivity contribution in [3.63, 3.8) is 0 Å². The summed E-state index contributed by atoms with van der Waals surface area (Å²) in [6.07, 6.45) is 2.87. The Morgan fingerprint density at radius 1 is 1.50 bits per heavy atom. The van der Waals surface area contributed by atoms with Crippen molar-refractivity contribution >= 4 is 17.2 Å². The molecule has 5 nitrogen and oxygen atoms in total. The maximum Gasteiger partial charge on any atom is 0.143 e. The molecule has 0 spiro atoms. The average Bonchev–Trinajstić information content (AvgIpc) is 2.67. The molecule has 0 saturated carbocycles. The normalized spacial score (nSPS) is 10.6. The fourth-order valence-corrected chi connectivity index (χ4v) is 1.72. The zero-order valence-corrected chi connectivity index (χ0v) is 10.6. The summed E-state index contributed by atoms with van der Waals surface area (Å²) in [6.45, 7) is 3.66. The number of methoxy groups -OCH3 is 1. The van der Waals surface area contributed by atoms with E-state index in [4.69, 9.17) is 22.7 Å². The number of aryl methyl sites for hydroxylation is 1. The molecule has 1 heterocycles. The van der Waals surface area contributed by atoms with Gasteiger partial charge in [0.25, 0.3) is 0 Å². The quantitative estimate of drug-likeness (QED) is 0.568. The van der Waals surface area contributed by atoms with Gasteiger partial charge in [0.2, 0.25) is 0 Å². The lowest BCUT2D eigenvalue weighted by Gasteiger charge is -2.05. The van der Waals surface area contributed by atoms with Crippen molar-refractivity contribution < 1.29 is 4.74 Å². The Morgan fingerprint density at radius 2 is 2.25 bits per heavy atom. The maximum atomic E-state index is 5.58. The largest absolute Gasteiger partial charge is 0.388 e. The molecule has 16 heavy (non-hydrogen) atoms. The maximum absolute atomic E-state index is 5.58. The van der Waals surface area contributed by atoms with E-state index in [9.17, 15) is 0 Å². The molecule has 0 atom stereocenters. The van der Waals surface area contributed by atoms with E-state index in [-0.39, 0.29) is 0 Å². The first kappa shape index (κ1) is 13.1. The summed E-state index contributed by atoms with van der Waals surface area (Å²) in [5.74, 6) is 0. The molecule has 0 aliphatic carbocycles. The van der Waals surface area contributed by atoms with Crippen molar-refractivity contribution in [2.75, 3.05) is 13.7 Å². The van der Waals surface area contributed by atoms with Crippen LogP contribution in [-0.4, -0.2) is 33.7 Å². The predicted molar refractivity (Wildman–Crippen MR) is 66.4 cm³/mol. The molecule has 0 saturated heterocycles. The smallest absolute Gasteiger partial charge is 0.143 e. The summed E-state index contributed by atoms with van der Waals surface area (Å²) in [5, 5.41) is 8.07. The van der Waals surface area contributed by atoms with Gasteiger partial charge in [-0.15, -0.1) is 5.10 Å². The minimum absolute atomic E-state index is 0.319. The lowest BCUT2D eigenvalue weighted by molar-refractivity contribution is 0.190. The van der Waals surface area contributed by atoms with Gasteiger partial charge >= 0.3 is 0 Å². The molecule has 0 amide bonds. The molecule has 0 aliphatic heterocycles. The van der Waals surface area contributed by atoms with Crippen LogP contribution in [0.5, 0.6) is 0 Å². The second-order valence-corrected chi connectivity index (χ2v) is 3.97. The second-order valence-electron chi connectivity index (χ2n) is 3.53. The third-order valence-corrected chi connectivity index (χ3v) is 2.57. The number of aromatic nitrogens is 3. The van der Waals surface area contributed by atoms with Crippen LogP contribution in [0.4, 0.5) is 0 Å². The molecule has 0 aliphatic rings. The summed E-state index contributed by atoms with van der Waals surface area (Å²) in [4.78, 5) is 0.319. The third-order valence-electron chi connectivity index (χ3n) is 2.37. The standard InChI is InChI=1S/C10H18N4OS/c1-3-8-9(10(11)16)12-13-14(8)6-4-5-7-15-2/h3-7H2,1-2H3,(H2,11,16). The Morgan fingerprint density at radius 3 is 2.81 bits per heavy atom. The Balaban J connectivity index is 2.62. The molecule has 0 aromatic carbocycles. The monoisotopic (exact) mass is 242 g/mol. The van der Waals surface area contributed by atoms with Crippen LogP contribution in [-0.2, 0) is 17.7 Å². The predicted octanol–water partition coefficient (Wildman–Crippen LogP) is 0.901. The van der Waals surface area contributed by atoms with Gasteiger partial charge in [-0.05, 0) is 19.3 Å². The van der Waals surface area contributed by atoms with E-state index in [1.807, 2.05) is 11.6 Å². The number of rotatable bonds is 7. The van der Waals surface area contributed by atoms with Crippen LogP contribution >= 0.6 is 12.2 Å². The van der Waals surface area contributed by atoms with Crippen molar-refractivity contribution in [3.05, 3.63) is 11.4 Å². The molecule has 0 fully saturated rings. The first-order valence-electron chi connectivity index (χ1n) is 5.41. The van der Waals surface area contributed by atoms with Crippen molar-refractivity contribution in [3.8, 4) is 0 Å². The molecule has 90 valence electrons. The molecule has 1 aromatic heterocycles. The van der Waals surface area contributed by atoms with E-state index in [1.165, 1.54) is 0 Å². The number of nitrogens with two attached hydrogens (primary N) is 1. The van der Waals surface area contributed by atoms with Crippen LogP contribution in [0.1, 0.15) is 31.2 Å². The number of thiocarbonyl (C=S) groups is 1. The fraction of sp³-hybridized carbons (Fsp3) is 0.700. The van der Waals surface area contributed by atoms with E-state index in [0.29, 0.717) is 10.7 Å². The highest BCUT2D eigenvalue weighted by Gasteiger charge is 2.12. The number of nitrogens with zero attached hydrogens (tertiary/aromatic N) is 3. The SMILES string of the molecule is CCc1c(C(N)=S)nnn1CCCCOC. The van der Waals surface area contributed by atoms with Crippen molar-refractivity contribution in [2.24, 2.45) is 5.73 Å². The number of unbranched alkanes of at least 4 members (excludes halogenated alkanes) is 1. The van der Waals surface area contributed by atoms with Crippen LogP contribution in [0.25, 0.3) is 0 Å². The topological polar surface area (TPSA) is 66.0 Å². The van der Waals surface area contributed by atoms with Crippen LogP contribution in [0.15, 0.2) is 0 Å². The molecular formula is C10H18N4OS. The molecule has 0 radical (unpaired) electrons. The van der Waals surface area contributed by atoms with E-state index in [1.54, 1.807) is 7.11 Å². The van der Waals surface area contributed by atoms with Crippen LogP contribution in [0.3, 0.4) is 0 Å². The number of hydrogen-bond acceptors (Lipinski definition) is 4. The lowest BCUT2D eigenvalue weighted by Crippen LogP contribution is -2.14. The van der Waals surface area contributed by atoms with Crippen molar-refractivity contribution in [1.29, 1.82) is 0 Å². The van der Waals surface area contributed by atoms with E-state index < -0.39 is 0 Å². The lowest BCUT2D eigenvalue weighted by atomic mass is 10.2. The van der Waals surface area contributed by atoms with Crippen molar-refractivity contribution in [2.45, 2.75) is 32.7 Å². The highest BCUT2D eigenvalue weighted by molar-refractivity contribution is 7.80. The number of ether oxygens (including phenoxy) is 1. The second kappa shape index (κ2) is 6.55. The van der Waals surface area contributed by atoms with Gasteiger partial charge in [-0.25, -0.2) is 4.68 Å². The Bertz CT molecular complexity index is 351. The highest BCUT2D eigenvalue weighted by Crippen LogP contribution is 2.07. The van der Waals surface area contributed by atoms with Crippen LogP contribution < -0.4 is 5.73 Å². The average molecular weight is 242 g/mol. The molecular weight excluding hydrogens is 224 g/mol. The van der Waals surface area contributed by atoms with Crippen LogP contribution in [0.2, 0.25) is 0 Å². The van der Waals surface area contributed by atoms with E-state index in [2.05, 4.69) is 10.3 Å². The first-order chi connectivity index (χ1) is 7.70.